The molecule has 1 aliphatic heterocycles. The fourth-order valence-corrected chi connectivity index (χ4v) is 5.36. The molecule has 10 heteroatoms. The van der Waals surface area contributed by atoms with E-state index in [1.54, 1.807) is 36.1 Å². The van der Waals surface area contributed by atoms with Gasteiger partial charge in [-0.2, -0.15) is 0 Å². The molecule has 3 amide bonds. The maximum atomic E-state index is 13.5. The largest absolute Gasteiger partial charge is 0.339 e. The van der Waals surface area contributed by atoms with Gasteiger partial charge in [-0.1, -0.05) is 36.7 Å². The van der Waals surface area contributed by atoms with E-state index in [0.29, 0.717) is 30.1 Å². The number of hydrogen-bond donors (Lipinski definition) is 1. The van der Waals surface area contributed by atoms with Crippen LogP contribution in [0.15, 0.2) is 53.4 Å². The van der Waals surface area contributed by atoms with Crippen LogP contribution in [-0.4, -0.2) is 67.5 Å². The van der Waals surface area contributed by atoms with Crippen molar-refractivity contribution in [2.24, 2.45) is 0 Å². The Bertz CT molecular complexity index is 1160. The first-order valence-electron chi connectivity index (χ1n) is 11.1. The minimum Gasteiger partial charge on any atom is -0.339 e. The highest BCUT2D eigenvalue weighted by molar-refractivity contribution is 7.92. The van der Waals surface area contributed by atoms with Crippen LogP contribution in [-0.2, 0) is 19.4 Å². The SMILES string of the molecule is CCCC(=O)N1CCN(C(=O)C(NC(=O)c2ccccc2C)S(=O)(=O)c2ccc(Cl)cc2)CC1. The summed E-state index contributed by atoms with van der Waals surface area (Å²) < 4.78 is 26.9. The topological polar surface area (TPSA) is 104 Å². The van der Waals surface area contributed by atoms with Crippen LogP contribution in [0.25, 0.3) is 0 Å². The first-order valence-corrected chi connectivity index (χ1v) is 13.0. The van der Waals surface area contributed by atoms with E-state index in [2.05, 4.69) is 5.32 Å². The van der Waals surface area contributed by atoms with Crippen molar-refractivity contribution in [3.8, 4) is 0 Å². The Kier molecular flexibility index (Phi) is 8.33. The summed E-state index contributed by atoms with van der Waals surface area (Å²) >= 11 is 5.90. The van der Waals surface area contributed by atoms with Crippen molar-refractivity contribution in [2.75, 3.05) is 26.2 Å². The third kappa shape index (κ3) is 5.77. The normalized spacial score (nSPS) is 15.0. The molecular weight excluding hydrogens is 478 g/mol. The molecule has 1 fully saturated rings. The van der Waals surface area contributed by atoms with E-state index in [0.717, 1.165) is 6.42 Å². The van der Waals surface area contributed by atoms with Crippen molar-refractivity contribution in [3.05, 3.63) is 64.7 Å². The number of piperazine rings is 1. The quantitative estimate of drug-likeness (QED) is 0.623. The van der Waals surface area contributed by atoms with Crippen molar-refractivity contribution < 1.29 is 22.8 Å². The van der Waals surface area contributed by atoms with E-state index in [-0.39, 0.29) is 29.5 Å². The molecule has 1 atom stereocenters. The zero-order valence-corrected chi connectivity index (χ0v) is 20.7. The maximum Gasteiger partial charge on any atom is 0.261 e. The van der Waals surface area contributed by atoms with Crippen molar-refractivity contribution in [3.63, 3.8) is 0 Å². The highest BCUT2D eigenvalue weighted by Gasteiger charge is 2.39. The molecule has 3 rings (SSSR count). The third-order valence-electron chi connectivity index (χ3n) is 5.74. The molecule has 0 spiro atoms. The monoisotopic (exact) mass is 505 g/mol. The number of halogens is 1. The molecule has 8 nitrogen and oxygen atoms in total. The Balaban J connectivity index is 1.88. The first kappa shape index (κ1) is 25.7. The van der Waals surface area contributed by atoms with Crippen molar-refractivity contribution in [1.29, 1.82) is 0 Å². The molecule has 182 valence electrons. The van der Waals surface area contributed by atoms with Crippen LogP contribution < -0.4 is 5.32 Å². The van der Waals surface area contributed by atoms with Gasteiger partial charge in [-0.3, -0.25) is 14.4 Å². The fraction of sp³-hybridized carbons (Fsp3) is 0.375. The van der Waals surface area contributed by atoms with Gasteiger partial charge in [-0.05, 0) is 49.2 Å². The van der Waals surface area contributed by atoms with Gasteiger partial charge in [-0.15, -0.1) is 0 Å². The van der Waals surface area contributed by atoms with E-state index < -0.39 is 27.0 Å². The standard InChI is InChI=1S/C24H28ClN3O5S/c1-3-6-21(29)27-13-15-28(16-14-27)24(31)23(26-22(30)20-8-5-4-7-17(20)2)34(32,33)19-11-9-18(25)10-12-19/h4-5,7-12,23H,3,6,13-16H2,1-2H3,(H,26,30). The number of aryl methyl sites for hydroxylation is 1. The van der Waals surface area contributed by atoms with E-state index in [1.807, 2.05) is 6.92 Å². The molecular formula is C24H28ClN3O5S. The van der Waals surface area contributed by atoms with Gasteiger partial charge in [0.1, 0.15) is 0 Å². The summed E-state index contributed by atoms with van der Waals surface area (Å²) in [6.45, 7) is 4.63. The van der Waals surface area contributed by atoms with Gasteiger partial charge in [0.2, 0.25) is 21.1 Å². The summed E-state index contributed by atoms with van der Waals surface area (Å²) in [5.41, 5.74) is 0.930. The summed E-state index contributed by atoms with van der Waals surface area (Å²) in [6, 6.07) is 12.2. The molecule has 1 saturated heterocycles. The number of carbonyl (C=O) groups excluding carboxylic acids is 3. The van der Waals surface area contributed by atoms with Gasteiger partial charge in [-0.25, -0.2) is 8.42 Å². The Morgan fingerprint density at radius 3 is 2.15 bits per heavy atom. The minimum atomic E-state index is -4.28. The van der Waals surface area contributed by atoms with Gasteiger partial charge in [0.05, 0.1) is 4.90 Å². The number of rotatable bonds is 7. The average Bonchev–Trinajstić information content (AvgIpc) is 2.82. The van der Waals surface area contributed by atoms with Gasteiger partial charge in [0, 0.05) is 43.2 Å². The number of hydrogen-bond acceptors (Lipinski definition) is 5. The number of carbonyl (C=O) groups is 3. The lowest BCUT2D eigenvalue weighted by molar-refractivity contribution is -0.139. The highest BCUT2D eigenvalue weighted by atomic mass is 35.5. The molecule has 34 heavy (non-hydrogen) atoms. The zero-order chi connectivity index (χ0) is 24.9. The van der Waals surface area contributed by atoms with E-state index in [9.17, 15) is 22.8 Å². The summed E-state index contributed by atoms with van der Waals surface area (Å²) in [7, 11) is -4.28. The number of amides is 3. The maximum absolute atomic E-state index is 13.5. The number of nitrogens with zero attached hydrogens (tertiary/aromatic N) is 2. The smallest absolute Gasteiger partial charge is 0.261 e. The Morgan fingerprint density at radius 1 is 0.971 bits per heavy atom. The van der Waals surface area contributed by atoms with E-state index in [1.165, 1.54) is 29.2 Å². The van der Waals surface area contributed by atoms with Gasteiger partial charge in [0.25, 0.3) is 11.8 Å². The molecule has 0 aromatic heterocycles. The lowest BCUT2D eigenvalue weighted by Crippen LogP contribution is -2.57. The third-order valence-corrected chi connectivity index (χ3v) is 7.86. The van der Waals surface area contributed by atoms with Crippen molar-refractivity contribution in [2.45, 2.75) is 37.0 Å². The average molecular weight is 506 g/mol. The number of nitrogens with one attached hydrogen (secondary N) is 1. The molecule has 0 saturated carbocycles. The van der Waals surface area contributed by atoms with Crippen molar-refractivity contribution in [1.82, 2.24) is 15.1 Å². The number of sulfone groups is 1. The second-order valence-corrected chi connectivity index (χ2v) is 10.6. The van der Waals surface area contributed by atoms with E-state index >= 15 is 0 Å². The highest BCUT2D eigenvalue weighted by Crippen LogP contribution is 2.21. The lowest BCUT2D eigenvalue weighted by Gasteiger charge is -2.36. The lowest BCUT2D eigenvalue weighted by atomic mass is 10.1. The first-order chi connectivity index (χ1) is 16.1. The predicted octanol–water partition coefficient (Wildman–Crippen LogP) is 2.65. The van der Waals surface area contributed by atoms with Gasteiger partial charge in [0.15, 0.2) is 0 Å². The minimum absolute atomic E-state index is 0.00721. The van der Waals surface area contributed by atoms with Crippen LogP contribution >= 0.6 is 11.6 Å². The molecule has 2 aromatic rings. The fourth-order valence-electron chi connectivity index (χ4n) is 3.77. The van der Waals surface area contributed by atoms with Gasteiger partial charge >= 0.3 is 0 Å². The second kappa shape index (κ2) is 11.0. The van der Waals surface area contributed by atoms with E-state index in [4.69, 9.17) is 11.6 Å². The zero-order valence-electron chi connectivity index (χ0n) is 19.2. The van der Waals surface area contributed by atoms with Crippen LogP contribution in [0.1, 0.15) is 35.7 Å². The summed E-state index contributed by atoms with van der Waals surface area (Å²) in [5.74, 6) is -1.39. The van der Waals surface area contributed by atoms with Crippen LogP contribution in [0, 0.1) is 6.92 Å². The molecule has 2 aromatic carbocycles. The molecule has 1 N–H and O–H groups in total. The molecule has 0 aliphatic carbocycles. The van der Waals surface area contributed by atoms with Crippen LogP contribution in [0.4, 0.5) is 0 Å². The Labute approximate surface area is 204 Å². The number of benzene rings is 2. The summed E-state index contributed by atoms with van der Waals surface area (Å²) in [6.07, 6.45) is 1.15. The molecule has 1 aliphatic rings. The second-order valence-electron chi connectivity index (χ2n) is 8.12. The van der Waals surface area contributed by atoms with Crippen molar-refractivity contribution >= 4 is 39.2 Å². The molecule has 0 radical (unpaired) electrons. The van der Waals surface area contributed by atoms with Crippen LogP contribution in [0.3, 0.4) is 0 Å². The summed E-state index contributed by atoms with van der Waals surface area (Å²) in [5, 5.41) is 0.973. The van der Waals surface area contributed by atoms with Gasteiger partial charge < -0.3 is 15.1 Å². The predicted molar refractivity (Wildman–Crippen MR) is 129 cm³/mol. The molecule has 1 unspecified atom stereocenters. The molecule has 0 bridgehead atoms. The van der Waals surface area contributed by atoms with Crippen LogP contribution in [0.2, 0.25) is 5.02 Å². The Hall–Kier alpha value is -2.91. The summed E-state index contributed by atoms with van der Waals surface area (Å²) in [4.78, 5) is 41.5. The van der Waals surface area contributed by atoms with Crippen LogP contribution in [0.5, 0.6) is 0 Å². The molecule has 1 heterocycles. The Morgan fingerprint density at radius 2 is 1.56 bits per heavy atom.